The molecule has 2 N–H and O–H groups in total. The third-order valence-corrected chi connectivity index (χ3v) is 6.02. The van der Waals surface area contributed by atoms with E-state index in [1.54, 1.807) is 36.4 Å². The Morgan fingerprint density at radius 1 is 1.12 bits per heavy atom. The number of aryl methyl sites for hydroxylation is 2. The summed E-state index contributed by atoms with van der Waals surface area (Å²) in [6.07, 6.45) is 2.89. The molecule has 0 fully saturated rings. The molecule has 4 rings (SSSR count). The Labute approximate surface area is 204 Å². The number of aromatic nitrogens is 1. The molecule has 0 unspecified atom stereocenters. The molecular weight excluding hydrogens is 485 g/mol. The van der Waals surface area contributed by atoms with Gasteiger partial charge in [-0.2, -0.15) is 0 Å². The third kappa shape index (κ3) is 5.37. The van der Waals surface area contributed by atoms with Gasteiger partial charge in [0.05, 0.1) is 10.2 Å². The quantitative estimate of drug-likeness (QED) is 0.232. The molecule has 9 heteroatoms. The number of hydrogen-bond donors (Lipinski definition) is 2. The summed E-state index contributed by atoms with van der Waals surface area (Å²) in [5.74, 6) is 0.703. The van der Waals surface area contributed by atoms with Gasteiger partial charge in [-0.15, -0.1) is 0 Å². The maximum absolute atomic E-state index is 12.2. The van der Waals surface area contributed by atoms with Crippen molar-refractivity contribution in [2.45, 2.75) is 13.8 Å². The minimum Gasteiger partial charge on any atom is -0.457 e. The van der Waals surface area contributed by atoms with Crippen LogP contribution in [0.4, 0.5) is 5.13 Å². The highest BCUT2D eigenvalue weighted by Crippen LogP contribution is 2.30. The van der Waals surface area contributed by atoms with E-state index in [2.05, 4.69) is 27.8 Å². The van der Waals surface area contributed by atoms with E-state index >= 15 is 0 Å². The van der Waals surface area contributed by atoms with Gasteiger partial charge in [0.1, 0.15) is 11.5 Å². The Balaban J connectivity index is 1.38. The summed E-state index contributed by atoms with van der Waals surface area (Å²) in [6.45, 7) is 4.06. The first-order chi connectivity index (χ1) is 15.3. The van der Waals surface area contributed by atoms with Crippen molar-refractivity contribution in [3.8, 4) is 11.3 Å². The predicted octanol–water partition coefficient (Wildman–Crippen LogP) is 7.01. The number of halogens is 2. The number of carbonyl (C=O) groups excluding carboxylic acids is 1. The minimum atomic E-state index is -0.389. The molecule has 2 aromatic carbocycles. The van der Waals surface area contributed by atoms with E-state index in [-0.39, 0.29) is 11.0 Å². The van der Waals surface area contributed by atoms with Crippen molar-refractivity contribution in [3.05, 3.63) is 75.5 Å². The van der Waals surface area contributed by atoms with E-state index in [1.165, 1.54) is 23.0 Å². The van der Waals surface area contributed by atoms with Gasteiger partial charge in [-0.1, -0.05) is 40.6 Å². The highest BCUT2D eigenvalue weighted by atomic mass is 35.5. The summed E-state index contributed by atoms with van der Waals surface area (Å²) in [7, 11) is 0. The number of thiocarbonyl (C=S) groups is 1. The van der Waals surface area contributed by atoms with E-state index in [1.807, 2.05) is 13.8 Å². The summed E-state index contributed by atoms with van der Waals surface area (Å²) >= 11 is 18.8. The lowest BCUT2D eigenvalue weighted by Gasteiger charge is -2.04. The van der Waals surface area contributed by atoms with Crippen LogP contribution in [0.2, 0.25) is 10.0 Å². The van der Waals surface area contributed by atoms with Crippen LogP contribution in [0.15, 0.2) is 53.0 Å². The first-order valence-electron chi connectivity index (χ1n) is 9.51. The Kier molecular flexibility index (Phi) is 6.62. The van der Waals surface area contributed by atoms with Crippen LogP contribution in [0.3, 0.4) is 0 Å². The van der Waals surface area contributed by atoms with Gasteiger partial charge in [-0.25, -0.2) is 4.98 Å². The number of anilines is 1. The molecule has 1 amide bonds. The van der Waals surface area contributed by atoms with Crippen LogP contribution >= 0.6 is 46.8 Å². The largest absolute Gasteiger partial charge is 0.457 e. The standard InChI is InChI=1S/C23H17Cl2N3O2S2/c1-12-7-13(2)21-19(8-12)32-23(27-21)28-22(31)26-20(29)6-4-17-3-5-18(30-17)14-9-15(24)11-16(25)10-14/h3-11H,1-2H3,(H2,26,27,28,29,31)/b6-4+. The van der Waals surface area contributed by atoms with E-state index < -0.39 is 0 Å². The van der Waals surface area contributed by atoms with Crippen LogP contribution in [0, 0.1) is 13.8 Å². The molecule has 0 radical (unpaired) electrons. The molecule has 0 bridgehead atoms. The van der Waals surface area contributed by atoms with Crippen molar-refractivity contribution in [3.63, 3.8) is 0 Å². The van der Waals surface area contributed by atoms with Crippen molar-refractivity contribution >= 4 is 79.2 Å². The summed E-state index contributed by atoms with van der Waals surface area (Å²) in [5.41, 5.74) is 3.94. The molecule has 0 aliphatic heterocycles. The predicted molar refractivity (Wildman–Crippen MR) is 137 cm³/mol. The molecule has 162 valence electrons. The number of amides is 1. The molecule has 32 heavy (non-hydrogen) atoms. The van der Waals surface area contributed by atoms with Crippen LogP contribution < -0.4 is 10.6 Å². The second-order valence-electron chi connectivity index (χ2n) is 7.08. The van der Waals surface area contributed by atoms with Crippen LogP contribution in [0.25, 0.3) is 27.6 Å². The van der Waals surface area contributed by atoms with Crippen molar-refractivity contribution < 1.29 is 9.21 Å². The number of rotatable bonds is 4. The number of benzene rings is 2. The fourth-order valence-corrected chi connectivity index (χ4v) is 4.99. The topological polar surface area (TPSA) is 67.2 Å². The fraction of sp³-hybridized carbons (Fsp3) is 0.0870. The molecular formula is C23H17Cl2N3O2S2. The molecule has 0 aliphatic carbocycles. The lowest BCUT2D eigenvalue weighted by atomic mass is 10.1. The average Bonchev–Trinajstić information content (AvgIpc) is 3.32. The van der Waals surface area contributed by atoms with Crippen LogP contribution in [0.1, 0.15) is 16.9 Å². The number of furan rings is 1. The third-order valence-electron chi connectivity index (χ3n) is 4.46. The maximum Gasteiger partial charge on any atom is 0.250 e. The van der Waals surface area contributed by atoms with E-state index in [9.17, 15) is 4.79 Å². The second kappa shape index (κ2) is 9.42. The number of nitrogens with zero attached hydrogens (tertiary/aromatic N) is 1. The van der Waals surface area contributed by atoms with Crippen LogP contribution in [-0.2, 0) is 4.79 Å². The van der Waals surface area contributed by atoms with E-state index in [4.69, 9.17) is 39.8 Å². The number of thiazole rings is 1. The van der Waals surface area contributed by atoms with Crippen molar-refractivity contribution in [1.82, 2.24) is 10.3 Å². The van der Waals surface area contributed by atoms with Crippen molar-refractivity contribution in [2.75, 3.05) is 5.32 Å². The van der Waals surface area contributed by atoms with E-state index in [0.29, 0.717) is 26.7 Å². The number of fused-ring (bicyclic) bond motifs is 1. The monoisotopic (exact) mass is 501 g/mol. The first kappa shape index (κ1) is 22.5. The summed E-state index contributed by atoms with van der Waals surface area (Å²) in [5, 5.41) is 7.39. The molecule has 4 aromatic rings. The number of nitrogens with one attached hydrogen (secondary N) is 2. The Morgan fingerprint density at radius 2 is 1.88 bits per heavy atom. The summed E-state index contributed by atoms with van der Waals surface area (Å²) in [4.78, 5) is 16.8. The average molecular weight is 502 g/mol. The van der Waals surface area contributed by atoms with Gasteiger partial charge in [0.25, 0.3) is 0 Å². The SMILES string of the molecule is Cc1cc(C)c2nc(NC(=S)NC(=O)/C=C/c3ccc(-c4cc(Cl)cc(Cl)c4)o3)sc2c1. The number of carbonyl (C=O) groups is 1. The number of hydrogen-bond acceptors (Lipinski definition) is 5. The smallest absolute Gasteiger partial charge is 0.250 e. The molecule has 0 aliphatic rings. The molecule has 0 atom stereocenters. The van der Waals surface area contributed by atoms with Gasteiger partial charge < -0.3 is 9.73 Å². The molecule has 0 saturated carbocycles. The van der Waals surface area contributed by atoms with Crippen LogP contribution in [0.5, 0.6) is 0 Å². The fourth-order valence-electron chi connectivity index (χ4n) is 3.16. The lowest BCUT2D eigenvalue weighted by Crippen LogP contribution is -2.32. The van der Waals surface area contributed by atoms with Gasteiger partial charge in [-0.3, -0.25) is 10.1 Å². The normalized spacial score (nSPS) is 11.2. The minimum absolute atomic E-state index is 0.168. The van der Waals surface area contributed by atoms with Gasteiger partial charge in [-0.05, 0) is 79.7 Å². The molecule has 0 saturated heterocycles. The van der Waals surface area contributed by atoms with Crippen molar-refractivity contribution in [1.29, 1.82) is 0 Å². The molecule has 2 heterocycles. The Bertz CT molecular complexity index is 1350. The maximum atomic E-state index is 12.2. The summed E-state index contributed by atoms with van der Waals surface area (Å²) in [6, 6.07) is 12.8. The zero-order valence-corrected chi connectivity index (χ0v) is 20.2. The molecule has 2 aromatic heterocycles. The summed E-state index contributed by atoms with van der Waals surface area (Å²) < 4.78 is 6.81. The van der Waals surface area contributed by atoms with Crippen LogP contribution in [-0.4, -0.2) is 16.0 Å². The van der Waals surface area contributed by atoms with Crippen molar-refractivity contribution in [2.24, 2.45) is 0 Å². The molecule has 0 spiro atoms. The zero-order valence-electron chi connectivity index (χ0n) is 17.0. The first-order valence-corrected chi connectivity index (χ1v) is 11.5. The Morgan fingerprint density at radius 3 is 2.62 bits per heavy atom. The second-order valence-corrected chi connectivity index (χ2v) is 9.40. The highest BCUT2D eigenvalue weighted by Gasteiger charge is 2.10. The van der Waals surface area contributed by atoms with E-state index in [0.717, 1.165) is 21.3 Å². The lowest BCUT2D eigenvalue weighted by molar-refractivity contribution is -0.115. The van der Waals surface area contributed by atoms with Gasteiger partial charge in [0.2, 0.25) is 5.91 Å². The van der Waals surface area contributed by atoms with Gasteiger partial charge in [0.15, 0.2) is 10.2 Å². The molecule has 5 nitrogen and oxygen atoms in total. The van der Waals surface area contributed by atoms with Gasteiger partial charge >= 0.3 is 0 Å². The zero-order chi connectivity index (χ0) is 22.8. The highest BCUT2D eigenvalue weighted by molar-refractivity contribution is 7.80. The van der Waals surface area contributed by atoms with Gasteiger partial charge in [0, 0.05) is 21.7 Å². The Hall–Kier alpha value is -2.71.